The summed E-state index contributed by atoms with van der Waals surface area (Å²) in [5.41, 5.74) is 0.327. The number of fused-ring (bicyclic) bond motifs is 1. The molecule has 1 aliphatic rings. The van der Waals surface area contributed by atoms with Crippen molar-refractivity contribution in [1.82, 2.24) is 15.2 Å². The molecule has 154 valence electrons. The monoisotopic (exact) mass is 431 g/mol. The number of ether oxygens (including phenoxy) is 1. The minimum Gasteiger partial charge on any atom is -0.435 e. The highest BCUT2D eigenvalue weighted by molar-refractivity contribution is 6.30. The van der Waals surface area contributed by atoms with Crippen molar-refractivity contribution in [2.24, 2.45) is 0 Å². The van der Waals surface area contributed by atoms with Crippen LogP contribution in [0.3, 0.4) is 0 Å². The van der Waals surface area contributed by atoms with Crippen LogP contribution in [0.15, 0.2) is 54.6 Å². The van der Waals surface area contributed by atoms with E-state index in [4.69, 9.17) is 11.6 Å². The molecular weight excluding hydrogens is 416 g/mol. The first-order valence-electron chi connectivity index (χ1n) is 9.01. The lowest BCUT2D eigenvalue weighted by Gasteiger charge is -2.22. The van der Waals surface area contributed by atoms with Crippen molar-refractivity contribution >= 4 is 34.4 Å². The summed E-state index contributed by atoms with van der Waals surface area (Å²) in [6.45, 7) is -1.45. The number of urea groups is 1. The van der Waals surface area contributed by atoms with E-state index in [1.165, 1.54) is 24.3 Å². The number of hydrogen-bond acceptors (Lipinski definition) is 4. The number of halogens is 3. The molecule has 4 rings (SSSR count). The molecule has 2 aromatic carbocycles. The van der Waals surface area contributed by atoms with Crippen molar-refractivity contribution in [2.75, 3.05) is 0 Å². The van der Waals surface area contributed by atoms with Crippen LogP contribution in [0.2, 0.25) is 5.15 Å². The SMILES string of the molecule is CC1(c2ccc(OC(F)F)cc2)NC(=O)N(Cc2cc3ccccc3nc2Cl)C1=O. The average molecular weight is 432 g/mol. The molecule has 1 saturated heterocycles. The zero-order valence-electron chi connectivity index (χ0n) is 15.7. The number of carbonyl (C=O) groups excluding carboxylic acids is 2. The lowest BCUT2D eigenvalue weighted by atomic mass is 9.92. The molecule has 1 aliphatic heterocycles. The molecule has 1 fully saturated rings. The molecule has 1 atom stereocenters. The van der Waals surface area contributed by atoms with Gasteiger partial charge >= 0.3 is 12.6 Å². The van der Waals surface area contributed by atoms with Gasteiger partial charge in [-0.15, -0.1) is 0 Å². The largest absolute Gasteiger partial charge is 0.435 e. The molecule has 30 heavy (non-hydrogen) atoms. The van der Waals surface area contributed by atoms with Crippen LogP contribution in [0.5, 0.6) is 5.75 Å². The normalized spacial score (nSPS) is 18.9. The number of pyridine rings is 1. The Morgan fingerprint density at radius 1 is 1.17 bits per heavy atom. The second-order valence-electron chi connectivity index (χ2n) is 6.98. The molecular formula is C21H16ClF2N3O3. The van der Waals surface area contributed by atoms with Gasteiger partial charge in [-0.1, -0.05) is 41.9 Å². The third-order valence-corrected chi connectivity index (χ3v) is 5.34. The van der Waals surface area contributed by atoms with Crippen LogP contribution in [0, 0.1) is 0 Å². The number of benzene rings is 2. The predicted octanol–water partition coefficient (Wildman–Crippen LogP) is 4.46. The van der Waals surface area contributed by atoms with E-state index in [9.17, 15) is 18.4 Å². The fourth-order valence-electron chi connectivity index (χ4n) is 3.42. The van der Waals surface area contributed by atoms with Gasteiger partial charge in [-0.3, -0.25) is 9.69 Å². The van der Waals surface area contributed by atoms with Crippen molar-refractivity contribution in [2.45, 2.75) is 25.6 Å². The Kier molecular flexibility index (Phi) is 5.03. The highest BCUT2D eigenvalue weighted by Gasteiger charge is 2.49. The number of aromatic nitrogens is 1. The van der Waals surface area contributed by atoms with Crippen LogP contribution in [0.4, 0.5) is 13.6 Å². The summed E-state index contributed by atoms with van der Waals surface area (Å²) >= 11 is 6.27. The summed E-state index contributed by atoms with van der Waals surface area (Å²) in [5.74, 6) is -0.528. The van der Waals surface area contributed by atoms with Gasteiger partial charge in [-0.2, -0.15) is 8.78 Å². The molecule has 3 amide bonds. The molecule has 0 spiro atoms. The Balaban J connectivity index is 1.60. The van der Waals surface area contributed by atoms with Crippen LogP contribution >= 0.6 is 11.6 Å². The Labute approximate surface area is 175 Å². The van der Waals surface area contributed by atoms with Crippen molar-refractivity contribution in [3.63, 3.8) is 0 Å². The average Bonchev–Trinajstić information content (AvgIpc) is 2.92. The Morgan fingerprint density at radius 3 is 2.57 bits per heavy atom. The summed E-state index contributed by atoms with van der Waals surface area (Å²) < 4.78 is 29.0. The Bertz CT molecular complexity index is 1140. The van der Waals surface area contributed by atoms with E-state index >= 15 is 0 Å². The molecule has 3 aromatic rings. The van der Waals surface area contributed by atoms with Gasteiger partial charge in [0.1, 0.15) is 16.4 Å². The van der Waals surface area contributed by atoms with Gasteiger partial charge in [0.25, 0.3) is 5.91 Å². The number of nitrogens with one attached hydrogen (secondary N) is 1. The zero-order chi connectivity index (χ0) is 21.5. The van der Waals surface area contributed by atoms with E-state index in [0.717, 1.165) is 10.3 Å². The zero-order valence-corrected chi connectivity index (χ0v) is 16.5. The number of amides is 3. The van der Waals surface area contributed by atoms with E-state index in [1.54, 1.807) is 13.0 Å². The van der Waals surface area contributed by atoms with Crippen LogP contribution in [0.25, 0.3) is 10.9 Å². The van der Waals surface area contributed by atoms with Gasteiger partial charge in [0.2, 0.25) is 0 Å². The second-order valence-corrected chi connectivity index (χ2v) is 7.34. The minimum absolute atomic E-state index is 0.0417. The summed E-state index contributed by atoms with van der Waals surface area (Å²) in [7, 11) is 0. The molecule has 6 nitrogen and oxygen atoms in total. The van der Waals surface area contributed by atoms with E-state index < -0.39 is 24.1 Å². The molecule has 1 unspecified atom stereocenters. The molecule has 0 radical (unpaired) electrons. The van der Waals surface area contributed by atoms with Crippen molar-refractivity contribution in [3.8, 4) is 5.75 Å². The Morgan fingerprint density at radius 2 is 1.87 bits per heavy atom. The summed E-state index contributed by atoms with van der Waals surface area (Å²) in [4.78, 5) is 31.1. The van der Waals surface area contributed by atoms with Gasteiger partial charge in [0.05, 0.1) is 12.1 Å². The number of para-hydroxylation sites is 1. The van der Waals surface area contributed by atoms with E-state index in [1.807, 2.05) is 24.3 Å². The topological polar surface area (TPSA) is 71.5 Å². The molecule has 0 bridgehead atoms. The fraction of sp³-hybridized carbons (Fsp3) is 0.190. The quantitative estimate of drug-likeness (QED) is 0.478. The highest BCUT2D eigenvalue weighted by atomic mass is 35.5. The lowest BCUT2D eigenvalue weighted by molar-refractivity contribution is -0.131. The maximum atomic E-state index is 13.1. The highest BCUT2D eigenvalue weighted by Crippen LogP contribution is 2.32. The van der Waals surface area contributed by atoms with Crippen LogP contribution < -0.4 is 10.1 Å². The first-order chi connectivity index (χ1) is 14.3. The third kappa shape index (κ3) is 3.54. The maximum absolute atomic E-state index is 13.1. The molecule has 0 aliphatic carbocycles. The van der Waals surface area contributed by atoms with Crippen molar-refractivity contribution in [1.29, 1.82) is 0 Å². The van der Waals surface area contributed by atoms with Gasteiger partial charge in [0.15, 0.2) is 0 Å². The predicted molar refractivity (Wildman–Crippen MR) is 106 cm³/mol. The van der Waals surface area contributed by atoms with Gasteiger partial charge in [-0.05, 0) is 36.8 Å². The first kappa shape index (κ1) is 20.0. The van der Waals surface area contributed by atoms with E-state index in [2.05, 4.69) is 15.0 Å². The van der Waals surface area contributed by atoms with Crippen LogP contribution in [-0.4, -0.2) is 28.4 Å². The van der Waals surface area contributed by atoms with Crippen molar-refractivity contribution in [3.05, 3.63) is 70.9 Å². The molecule has 9 heteroatoms. The minimum atomic E-state index is -2.95. The summed E-state index contributed by atoms with van der Waals surface area (Å²) in [6, 6.07) is 14.1. The van der Waals surface area contributed by atoms with E-state index in [0.29, 0.717) is 16.6 Å². The summed E-state index contributed by atoms with van der Waals surface area (Å²) in [5, 5.41) is 3.71. The number of imide groups is 1. The number of hydrogen-bond donors (Lipinski definition) is 1. The van der Waals surface area contributed by atoms with Crippen LogP contribution in [0.1, 0.15) is 18.1 Å². The first-order valence-corrected chi connectivity index (χ1v) is 9.39. The third-order valence-electron chi connectivity index (χ3n) is 5.01. The summed E-state index contributed by atoms with van der Waals surface area (Å²) in [6.07, 6.45) is 0. The second kappa shape index (κ2) is 7.53. The maximum Gasteiger partial charge on any atom is 0.387 e. The van der Waals surface area contributed by atoms with Gasteiger partial charge in [0, 0.05) is 10.9 Å². The number of alkyl halides is 2. The fourth-order valence-corrected chi connectivity index (χ4v) is 3.63. The van der Waals surface area contributed by atoms with E-state index in [-0.39, 0.29) is 17.4 Å². The lowest BCUT2D eigenvalue weighted by Crippen LogP contribution is -2.40. The Hall–Kier alpha value is -3.26. The van der Waals surface area contributed by atoms with Crippen LogP contribution in [-0.2, 0) is 16.9 Å². The molecule has 1 aromatic heterocycles. The number of rotatable bonds is 5. The molecule has 0 saturated carbocycles. The number of nitrogens with zero attached hydrogens (tertiary/aromatic N) is 2. The van der Waals surface area contributed by atoms with Gasteiger partial charge in [-0.25, -0.2) is 9.78 Å². The standard InChI is InChI=1S/C21H16ClF2N3O3/c1-21(14-6-8-15(9-7-14)30-19(23)24)18(28)27(20(29)26-21)11-13-10-12-4-2-3-5-16(12)25-17(13)22/h2-10,19H,11H2,1H3,(H,26,29). The molecule has 1 N–H and O–H groups in total. The smallest absolute Gasteiger partial charge is 0.387 e. The van der Waals surface area contributed by atoms with Gasteiger partial charge < -0.3 is 10.1 Å². The number of carbonyl (C=O) groups is 2. The molecule has 2 heterocycles. The van der Waals surface area contributed by atoms with Crippen molar-refractivity contribution < 1.29 is 23.1 Å².